The molecule has 1 aromatic heterocycles. The molecule has 1 atom stereocenters. The van der Waals surface area contributed by atoms with Crippen LogP contribution in [0.4, 0.5) is 0 Å². The first kappa shape index (κ1) is 27.2. The summed E-state index contributed by atoms with van der Waals surface area (Å²) < 4.78 is 8.22. The first-order valence-electron chi connectivity index (χ1n) is 14.1. The number of para-hydroxylation sites is 2. The third-order valence-electron chi connectivity index (χ3n) is 7.22. The highest BCUT2D eigenvalue weighted by molar-refractivity contribution is 5.80. The SMILES string of the molecule is CC(C)c1ccc(OCCCn2c(C(C)NC(=O)Cc3ccc(-c4ccccc4)cc3)nc3ccccc32)cc1. The van der Waals surface area contributed by atoms with Gasteiger partial charge in [-0.05, 0) is 65.8 Å². The van der Waals surface area contributed by atoms with Gasteiger partial charge in [-0.1, -0.05) is 92.7 Å². The molecule has 0 saturated carbocycles. The van der Waals surface area contributed by atoms with Crippen molar-refractivity contribution in [3.8, 4) is 16.9 Å². The zero-order valence-electron chi connectivity index (χ0n) is 23.5. The van der Waals surface area contributed by atoms with Gasteiger partial charge in [0.05, 0.1) is 30.1 Å². The van der Waals surface area contributed by atoms with Crippen LogP contribution in [0.15, 0.2) is 103 Å². The minimum Gasteiger partial charge on any atom is -0.494 e. The van der Waals surface area contributed by atoms with Crippen LogP contribution in [0.5, 0.6) is 5.75 Å². The predicted molar refractivity (Wildman–Crippen MR) is 163 cm³/mol. The van der Waals surface area contributed by atoms with E-state index in [1.54, 1.807) is 0 Å². The minimum atomic E-state index is -0.229. The van der Waals surface area contributed by atoms with Crippen LogP contribution in [0, 0.1) is 0 Å². The lowest BCUT2D eigenvalue weighted by Gasteiger charge is -2.17. The highest BCUT2D eigenvalue weighted by Crippen LogP contribution is 2.23. The molecule has 1 N–H and O–H groups in total. The number of carbonyl (C=O) groups is 1. The summed E-state index contributed by atoms with van der Waals surface area (Å²) in [7, 11) is 0. The van der Waals surface area contributed by atoms with Gasteiger partial charge in [-0.15, -0.1) is 0 Å². The Kier molecular flexibility index (Phi) is 8.60. The van der Waals surface area contributed by atoms with Crippen LogP contribution in [0.2, 0.25) is 0 Å². The highest BCUT2D eigenvalue weighted by atomic mass is 16.5. The molecule has 5 nitrogen and oxygen atoms in total. The molecule has 0 fully saturated rings. The van der Waals surface area contributed by atoms with Crippen molar-refractivity contribution in [2.45, 2.75) is 52.1 Å². The summed E-state index contributed by atoms with van der Waals surface area (Å²) in [6, 6.07) is 34.7. The van der Waals surface area contributed by atoms with E-state index in [9.17, 15) is 4.79 Å². The van der Waals surface area contributed by atoms with E-state index in [0.29, 0.717) is 18.9 Å². The van der Waals surface area contributed by atoms with E-state index in [2.05, 4.69) is 66.2 Å². The number of aromatic nitrogens is 2. The van der Waals surface area contributed by atoms with E-state index in [0.717, 1.165) is 46.7 Å². The Morgan fingerprint density at radius 1 is 0.825 bits per heavy atom. The van der Waals surface area contributed by atoms with Crippen molar-refractivity contribution < 1.29 is 9.53 Å². The number of aryl methyl sites for hydroxylation is 1. The predicted octanol–water partition coefficient (Wildman–Crippen LogP) is 7.72. The smallest absolute Gasteiger partial charge is 0.224 e. The van der Waals surface area contributed by atoms with Crippen LogP contribution in [-0.4, -0.2) is 22.1 Å². The Morgan fingerprint density at radius 2 is 1.50 bits per heavy atom. The van der Waals surface area contributed by atoms with Crippen LogP contribution in [0.3, 0.4) is 0 Å². The summed E-state index contributed by atoms with van der Waals surface area (Å²) in [6.07, 6.45) is 1.15. The van der Waals surface area contributed by atoms with Crippen LogP contribution >= 0.6 is 0 Å². The molecule has 0 bridgehead atoms. The van der Waals surface area contributed by atoms with Crippen LogP contribution < -0.4 is 10.1 Å². The molecule has 40 heavy (non-hydrogen) atoms. The van der Waals surface area contributed by atoms with E-state index in [-0.39, 0.29) is 11.9 Å². The maximum Gasteiger partial charge on any atom is 0.224 e. The van der Waals surface area contributed by atoms with E-state index in [4.69, 9.17) is 9.72 Å². The summed E-state index contributed by atoms with van der Waals surface area (Å²) >= 11 is 0. The van der Waals surface area contributed by atoms with Crippen molar-refractivity contribution in [2.75, 3.05) is 6.61 Å². The number of hydrogen-bond donors (Lipinski definition) is 1. The van der Waals surface area contributed by atoms with E-state index in [1.165, 1.54) is 11.1 Å². The first-order valence-corrected chi connectivity index (χ1v) is 14.1. The van der Waals surface area contributed by atoms with Crippen molar-refractivity contribution in [3.63, 3.8) is 0 Å². The van der Waals surface area contributed by atoms with Crippen molar-refractivity contribution in [2.24, 2.45) is 0 Å². The molecule has 0 radical (unpaired) electrons. The van der Waals surface area contributed by atoms with Crippen LogP contribution in [-0.2, 0) is 17.8 Å². The van der Waals surface area contributed by atoms with Gasteiger partial charge in [0.1, 0.15) is 11.6 Å². The normalized spacial score (nSPS) is 12.0. The second-order valence-corrected chi connectivity index (χ2v) is 10.6. The van der Waals surface area contributed by atoms with E-state index in [1.807, 2.05) is 67.6 Å². The largest absolute Gasteiger partial charge is 0.494 e. The number of nitrogens with one attached hydrogen (secondary N) is 1. The van der Waals surface area contributed by atoms with Gasteiger partial charge < -0.3 is 14.6 Å². The van der Waals surface area contributed by atoms with Gasteiger partial charge >= 0.3 is 0 Å². The summed E-state index contributed by atoms with van der Waals surface area (Å²) in [6.45, 7) is 7.74. The fraction of sp³-hybridized carbons (Fsp3) is 0.257. The summed E-state index contributed by atoms with van der Waals surface area (Å²) in [5, 5.41) is 3.17. The zero-order valence-corrected chi connectivity index (χ0v) is 23.5. The molecule has 1 amide bonds. The monoisotopic (exact) mass is 531 g/mol. The Morgan fingerprint density at radius 3 is 2.23 bits per heavy atom. The van der Waals surface area contributed by atoms with E-state index < -0.39 is 0 Å². The van der Waals surface area contributed by atoms with Crippen molar-refractivity contribution in [1.82, 2.24) is 14.9 Å². The third-order valence-corrected chi connectivity index (χ3v) is 7.22. The average molecular weight is 532 g/mol. The van der Waals surface area contributed by atoms with Gasteiger partial charge in [0.25, 0.3) is 0 Å². The standard InChI is InChI=1S/C35H37N3O2/c1-25(2)28-18-20-31(21-19-28)40-23-9-22-38-33-13-8-7-12-32(33)37-35(38)26(3)36-34(39)24-27-14-16-30(17-15-27)29-10-5-4-6-11-29/h4-8,10-21,25-26H,9,22-24H2,1-3H3,(H,36,39). The van der Waals surface area contributed by atoms with Crippen molar-refractivity contribution in [1.29, 1.82) is 0 Å². The average Bonchev–Trinajstić information content (AvgIpc) is 3.35. The fourth-order valence-electron chi connectivity index (χ4n) is 5.01. The maximum atomic E-state index is 13.0. The van der Waals surface area contributed by atoms with Crippen LogP contribution in [0.25, 0.3) is 22.2 Å². The number of benzene rings is 4. The molecular weight excluding hydrogens is 494 g/mol. The minimum absolute atomic E-state index is 0.0215. The number of imidazole rings is 1. The van der Waals surface area contributed by atoms with Crippen molar-refractivity contribution in [3.05, 3.63) is 120 Å². The highest BCUT2D eigenvalue weighted by Gasteiger charge is 2.18. The molecule has 5 heteroatoms. The third kappa shape index (κ3) is 6.60. The van der Waals surface area contributed by atoms with Gasteiger partial charge in [-0.25, -0.2) is 4.98 Å². The second-order valence-electron chi connectivity index (χ2n) is 10.6. The number of hydrogen-bond acceptors (Lipinski definition) is 3. The second kappa shape index (κ2) is 12.6. The molecule has 0 saturated heterocycles. The quantitative estimate of drug-likeness (QED) is 0.178. The van der Waals surface area contributed by atoms with E-state index >= 15 is 0 Å². The number of ether oxygens (including phenoxy) is 1. The Labute approximate surface area is 236 Å². The summed E-state index contributed by atoms with van der Waals surface area (Å²) in [5.41, 5.74) is 6.60. The van der Waals surface area contributed by atoms with Gasteiger partial charge in [0.2, 0.25) is 5.91 Å². The molecule has 0 aliphatic heterocycles. The fourth-order valence-corrected chi connectivity index (χ4v) is 5.01. The Bertz CT molecular complexity index is 1540. The number of rotatable bonds is 11. The zero-order chi connectivity index (χ0) is 27.9. The molecule has 4 aromatic carbocycles. The number of carbonyl (C=O) groups excluding carboxylic acids is 1. The summed E-state index contributed by atoms with van der Waals surface area (Å²) in [5.74, 6) is 2.23. The maximum absolute atomic E-state index is 13.0. The van der Waals surface area contributed by atoms with Gasteiger partial charge in [-0.2, -0.15) is 0 Å². The molecule has 5 rings (SSSR count). The lowest BCUT2D eigenvalue weighted by atomic mass is 10.0. The molecule has 204 valence electrons. The molecule has 5 aromatic rings. The lowest BCUT2D eigenvalue weighted by molar-refractivity contribution is -0.121. The van der Waals surface area contributed by atoms with Gasteiger partial charge in [0, 0.05) is 6.54 Å². The molecule has 0 spiro atoms. The molecule has 1 heterocycles. The molecule has 1 unspecified atom stereocenters. The van der Waals surface area contributed by atoms with Crippen molar-refractivity contribution >= 4 is 16.9 Å². The van der Waals surface area contributed by atoms with Gasteiger partial charge in [-0.3, -0.25) is 4.79 Å². The number of nitrogens with zero attached hydrogens (tertiary/aromatic N) is 2. The topological polar surface area (TPSA) is 56.1 Å². The Balaban J connectivity index is 1.21. The number of amides is 1. The van der Waals surface area contributed by atoms with Gasteiger partial charge in [0.15, 0.2) is 0 Å². The van der Waals surface area contributed by atoms with Crippen LogP contribution in [0.1, 0.15) is 56.1 Å². The lowest BCUT2D eigenvalue weighted by Crippen LogP contribution is -2.30. The molecule has 0 aliphatic rings. The number of fused-ring (bicyclic) bond motifs is 1. The first-order chi connectivity index (χ1) is 19.5. The summed E-state index contributed by atoms with van der Waals surface area (Å²) in [4.78, 5) is 17.9. The molecular formula is C35H37N3O2. The molecule has 0 aliphatic carbocycles. The Hall–Kier alpha value is -4.38.